The van der Waals surface area contributed by atoms with E-state index in [4.69, 9.17) is 5.11 Å². The molecule has 2 heterocycles. The fraction of sp³-hybridized carbons (Fsp3) is 0.727. The highest BCUT2D eigenvalue weighted by molar-refractivity contribution is 7.87. The van der Waals surface area contributed by atoms with E-state index in [1.807, 2.05) is 0 Å². The van der Waals surface area contributed by atoms with Gasteiger partial charge in [-0.05, 0) is 19.3 Å². The lowest BCUT2D eigenvalue weighted by molar-refractivity contribution is -0.142. The minimum atomic E-state index is -3.53. The van der Waals surface area contributed by atoms with Crippen LogP contribution in [0.15, 0.2) is 12.4 Å². The summed E-state index contributed by atoms with van der Waals surface area (Å²) < 4.78 is 29.6. The average Bonchev–Trinajstić information content (AvgIpc) is 2.97. The standard InChI is InChI=1S/C11H19N5O4S/c17-11(18)10-2-7-16(8-3-10)21(19,20)13-4-1-6-15-9-5-12-14-15/h5,9-10,13H,1-4,6-8H2,(H,17,18). The zero-order valence-electron chi connectivity index (χ0n) is 11.6. The number of nitrogens with zero attached hydrogens (tertiary/aromatic N) is 4. The monoisotopic (exact) mass is 317 g/mol. The quantitative estimate of drug-likeness (QED) is 0.642. The SMILES string of the molecule is O=C(O)C1CCN(S(=O)(=O)NCCCn2ccnn2)CC1. The molecule has 1 aliphatic heterocycles. The predicted octanol–water partition coefficient (Wildman–Crippen LogP) is -0.701. The highest BCUT2D eigenvalue weighted by atomic mass is 32.2. The van der Waals surface area contributed by atoms with Crippen molar-refractivity contribution >= 4 is 16.2 Å². The summed E-state index contributed by atoms with van der Waals surface area (Å²) in [6.07, 6.45) is 4.60. The third-order valence-corrected chi connectivity index (χ3v) is 5.08. The lowest BCUT2D eigenvalue weighted by Gasteiger charge is -2.29. The highest BCUT2D eigenvalue weighted by Crippen LogP contribution is 2.18. The van der Waals surface area contributed by atoms with E-state index in [2.05, 4.69) is 15.0 Å². The Morgan fingerprint density at radius 2 is 2.10 bits per heavy atom. The maximum absolute atomic E-state index is 12.1. The fourth-order valence-corrected chi connectivity index (χ4v) is 3.50. The lowest BCUT2D eigenvalue weighted by atomic mass is 9.99. The first-order valence-corrected chi connectivity index (χ1v) is 8.24. The van der Waals surface area contributed by atoms with Crippen LogP contribution in [0.1, 0.15) is 19.3 Å². The third-order valence-electron chi connectivity index (χ3n) is 3.46. The molecule has 0 radical (unpaired) electrons. The molecule has 0 amide bonds. The molecule has 21 heavy (non-hydrogen) atoms. The van der Waals surface area contributed by atoms with Crippen LogP contribution in [-0.4, -0.2) is 58.4 Å². The van der Waals surface area contributed by atoms with Gasteiger partial charge >= 0.3 is 5.97 Å². The number of carboxylic acids is 1. The van der Waals surface area contributed by atoms with Crippen molar-refractivity contribution in [1.82, 2.24) is 24.0 Å². The van der Waals surface area contributed by atoms with Crippen molar-refractivity contribution in [3.05, 3.63) is 12.4 Å². The Kier molecular flexibility index (Phi) is 5.26. The van der Waals surface area contributed by atoms with Gasteiger partial charge < -0.3 is 5.11 Å². The van der Waals surface area contributed by atoms with Gasteiger partial charge in [0.1, 0.15) is 0 Å². The molecule has 0 unspecified atom stereocenters. The number of aliphatic carboxylic acids is 1. The van der Waals surface area contributed by atoms with Gasteiger partial charge in [-0.2, -0.15) is 12.7 Å². The van der Waals surface area contributed by atoms with Gasteiger partial charge in [0, 0.05) is 32.4 Å². The third kappa shape index (κ3) is 4.48. The Morgan fingerprint density at radius 3 is 2.67 bits per heavy atom. The molecule has 2 rings (SSSR count). The molecular weight excluding hydrogens is 298 g/mol. The van der Waals surface area contributed by atoms with Crippen LogP contribution in [0.2, 0.25) is 0 Å². The molecule has 0 bridgehead atoms. The number of piperidine rings is 1. The van der Waals surface area contributed by atoms with Gasteiger partial charge in [-0.15, -0.1) is 5.10 Å². The molecule has 118 valence electrons. The molecule has 1 aliphatic rings. The zero-order chi connectivity index (χ0) is 15.3. The molecule has 1 saturated heterocycles. The van der Waals surface area contributed by atoms with Crippen LogP contribution in [0, 0.1) is 5.92 Å². The summed E-state index contributed by atoms with van der Waals surface area (Å²) in [7, 11) is -3.53. The Bertz CT molecular complexity index is 551. The minimum absolute atomic E-state index is 0.245. The first-order valence-electron chi connectivity index (χ1n) is 6.80. The van der Waals surface area contributed by atoms with Crippen LogP contribution in [-0.2, 0) is 21.5 Å². The summed E-state index contributed by atoms with van der Waals surface area (Å²) in [5.74, 6) is -1.29. The van der Waals surface area contributed by atoms with Gasteiger partial charge in [0.15, 0.2) is 0 Å². The van der Waals surface area contributed by atoms with Crippen molar-refractivity contribution in [3.63, 3.8) is 0 Å². The van der Waals surface area contributed by atoms with Gasteiger partial charge in [0.05, 0.1) is 12.1 Å². The molecule has 0 atom stereocenters. The second-order valence-electron chi connectivity index (χ2n) is 4.93. The predicted molar refractivity (Wildman–Crippen MR) is 73.5 cm³/mol. The van der Waals surface area contributed by atoms with Gasteiger partial charge in [0.2, 0.25) is 0 Å². The molecule has 1 aromatic rings. The number of carbonyl (C=O) groups is 1. The van der Waals surface area contributed by atoms with Crippen molar-refractivity contribution in [1.29, 1.82) is 0 Å². The molecule has 1 fully saturated rings. The zero-order valence-corrected chi connectivity index (χ0v) is 12.4. The second-order valence-corrected chi connectivity index (χ2v) is 6.69. The number of aryl methyl sites for hydroxylation is 1. The van der Waals surface area contributed by atoms with Crippen LogP contribution in [0.3, 0.4) is 0 Å². The van der Waals surface area contributed by atoms with Gasteiger partial charge in [-0.1, -0.05) is 5.21 Å². The normalized spacial score (nSPS) is 17.9. The van der Waals surface area contributed by atoms with E-state index in [9.17, 15) is 13.2 Å². The molecule has 1 aromatic heterocycles. The van der Waals surface area contributed by atoms with Crippen molar-refractivity contribution in [2.24, 2.45) is 5.92 Å². The van der Waals surface area contributed by atoms with Crippen LogP contribution >= 0.6 is 0 Å². The highest BCUT2D eigenvalue weighted by Gasteiger charge is 2.30. The van der Waals surface area contributed by atoms with Crippen molar-refractivity contribution in [2.45, 2.75) is 25.8 Å². The van der Waals surface area contributed by atoms with E-state index in [0.29, 0.717) is 32.4 Å². The number of carboxylic acid groups (broad SMARTS) is 1. The van der Waals surface area contributed by atoms with Crippen molar-refractivity contribution in [3.8, 4) is 0 Å². The minimum Gasteiger partial charge on any atom is -0.481 e. The van der Waals surface area contributed by atoms with Gasteiger partial charge in [0.25, 0.3) is 10.2 Å². The molecule has 0 saturated carbocycles. The number of nitrogens with one attached hydrogen (secondary N) is 1. The number of rotatable bonds is 7. The molecule has 2 N–H and O–H groups in total. The van der Waals surface area contributed by atoms with E-state index >= 15 is 0 Å². The van der Waals surface area contributed by atoms with Gasteiger partial charge in [-0.3, -0.25) is 9.48 Å². The molecule has 0 spiro atoms. The summed E-state index contributed by atoms with van der Waals surface area (Å²) >= 11 is 0. The summed E-state index contributed by atoms with van der Waals surface area (Å²) in [5.41, 5.74) is 0. The molecule has 9 nitrogen and oxygen atoms in total. The summed E-state index contributed by atoms with van der Waals surface area (Å²) in [6, 6.07) is 0. The number of hydrogen-bond acceptors (Lipinski definition) is 5. The van der Waals surface area contributed by atoms with Crippen LogP contribution in [0.25, 0.3) is 0 Å². The van der Waals surface area contributed by atoms with Crippen LogP contribution in [0.5, 0.6) is 0 Å². The van der Waals surface area contributed by atoms with Crippen LogP contribution < -0.4 is 4.72 Å². The Labute approximate surface area is 123 Å². The molecule has 0 aromatic carbocycles. The summed E-state index contributed by atoms with van der Waals surface area (Å²) in [6.45, 7) is 1.38. The van der Waals surface area contributed by atoms with E-state index in [1.54, 1.807) is 17.1 Å². The first kappa shape index (κ1) is 15.9. The van der Waals surface area contributed by atoms with Crippen molar-refractivity contribution in [2.75, 3.05) is 19.6 Å². The molecule has 0 aliphatic carbocycles. The summed E-state index contributed by atoms with van der Waals surface area (Å²) in [5, 5.41) is 16.3. The van der Waals surface area contributed by atoms with Gasteiger partial charge in [-0.25, -0.2) is 4.72 Å². The smallest absolute Gasteiger partial charge is 0.306 e. The van der Waals surface area contributed by atoms with Crippen molar-refractivity contribution < 1.29 is 18.3 Å². The molecular formula is C11H19N5O4S. The average molecular weight is 317 g/mol. The van der Waals surface area contributed by atoms with E-state index < -0.39 is 22.1 Å². The Balaban J connectivity index is 1.73. The van der Waals surface area contributed by atoms with E-state index in [1.165, 1.54) is 4.31 Å². The lowest BCUT2D eigenvalue weighted by Crippen LogP contribution is -2.46. The fourth-order valence-electron chi connectivity index (χ4n) is 2.23. The first-order chi connectivity index (χ1) is 9.99. The van der Waals surface area contributed by atoms with E-state index in [-0.39, 0.29) is 13.1 Å². The largest absolute Gasteiger partial charge is 0.481 e. The maximum Gasteiger partial charge on any atom is 0.306 e. The Hall–Kier alpha value is -1.52. The maximum atomic E-state index is 12.1. The summed E-state index contributed by atoms with van der Waals surface area (Å²) in [4.78, 5) is 10.8. The van der Waals surface area contributed by atoms with E-state index in [0.717, 1.165) is 0 Å². The second kappa shape index (κ2) is 6.96. The number of aromatic nitrogens is 3. The topological polar surface area (TPSA) is 117 Å². The Morgan fingerprint density at radius 1 is 1.38 bits per heavy atom. The number of hydrogen-bond donors (Lipinski definition) is 2. The van der Waals surface area contributed by atoms with Crippen LogP contribution in [0.4, 0.5) is 0 Å². The molecule has 10 heteroatoms.